The van der Waals surface area contributed by atoms with Crippen molar-refractivity contribution in [2.75, 3.05) is 7.11 Å². The summed E-state index contributed by atoms with van der Waals surface area (Å²) in [4.78, 5) is 12.1. The Balaban J connectivity index is 2.45. The van der Waals surface area contributed by atoms with Crippen LogP contribution >= 0.6 is 0 Å². The molecule has 0 heterocycles. The van der Waals surface area contributed by atoms with Crippen LogP contribution in [0.2, 0.25) is 18.1 Å². The molecule has 0 unspecified atom stereocenters. The van der Waals surface area contributed by atoms with Gasteiger partial charge >= 0.3 is 6.09 Å². The zero-order valence-electron chi connectivity index (χ0n) is 18.3. The molecule has 0 fully saturated rings. The van der Waals surface area contributed by atoms with E-state index in [0.29, 0.717) is 0 Å². The normalized spacial score (nSPS) is 14.4. The van der Waals surface area contributed by atoms with E-state index in [1.54, 1.807) is 0 Å². The molecule has 0 aliphatic carbocycles. The van der Waals surface area contributed by atoms with Gasteiger partial charge in [0.25, 0.3) is 0 Å². The first-order valence-electron chi connectivity index (χ1n) is 9.94. The summed E-state index contributed by atoms with van der Waals surface area (Å²) >= 11 is 0. The molecule has 29 heavy (non-hydrogen) atoms. The Bertz CT molecular complexity index is 798. The molecule has 0 aliphatic heterocycles. The highest BCUT2D eigenvalue weighted by molar-refractivity contribution is 6.74. The van der Waals surface area contributed by atoms with Crippen LogP contribution in [0.4, 0.5) is 4.79 Å². The smallest absolute Gasteiger partial charge is 0.407 e. The van der Waals surface area contributed by atoms with Crippen molar-refractivity contribution >= 4 is 20.5 Å². The van der Waals surface area contributed by atoms with Crippen LogP contribution in [-0.2, 0) is 9.16 Å². The lowest BCUT2D eigenvalue weighted by atomic mass is 10.0. The zero-order valence-corrected chi connectivity index (χ0v) is 19.3. The minimum Gasteiger partial charge on any atom is -0.453 e. The summed E-state index contributed by atoms with van der Waals surface area (Å²) in [7, 11) is -0.735. The number of carbonyl (C=O) groups is 1. The van der Waals surface area contributed by atoms with Crippen molar-refractivity contribution in [3.8, 4) is 0 Å². The lowest BCUT2D eigenvalue weighted by molar-refractivity contribution is 0.134. The number of benzene rings is 2. The van der Waals surface area contributed by atoms with Crippen LogP contribution in [0.1, 0.15) is 38.0 Å². The molecule has 156 valence electrons. The minimum absolute atomic E-state index is 0.0407. The monoisotopic (exact) mass is 411 g/mol. The highest BCUT2D eigenvalue weighted by Crippen LogP contribution is 2.40. The Morgan fingerprint density at radius 3 is 2.07 bits per heavy atom. The van der Waals surface area contributed by atoms with Crippen LogP contribution < -0.4 is 5.32 Å². The number of nitrogens with one attached hydrogen (secondary N) is 1. The van der Waals surface area contributed by atoms with Crippen molar-refractivity contribution in [1.82, 2.24) is 5.32 Å². The van der Waals surface area contributed by atoms with E-state index < -0.39 is 14.4 Å². The fraction of sp³-hybridized carbons (Fsp3) is 0.375. The van der Waals surface area contributed by atoms with E-state index in [-0.39, 0.29) is 17.2 Å². The summed E-state index contributed by atoms with van der Waals surface area (Å²) in [5, 5.41) is 3.00. The fourth-order valence-electron chi connectivity index (χ4n) is 2.68. The lowest BCUT2D eigenvalue weighted by Gasteiger charge is -2.41. The largest absolute Gasteiger partial charge is 0.453 e. The maximum absolute atomic E-state index is 12.1. The number of carbonyl (C=O) groups excluding carboxylic acids is 1. The fourth-order valence-corrected chi connectivity index (χ4v) is 3.96. The first-order chi connectivity index (χ1) is 13.6. The van der Waals surface area contributed by atoms with Gasteiger partial charge in [-0.2, -0.15) is 0 Å². The number of methoxy groups -OCH3 is 1. The number of ether oxygens (including phenoxy) is 1. The maximum Gasteiger partial charge on any atom is 0.407 e. The second kappa shape index (κ2) is 9.90. The molecule has 2 atom stereocenters. The predicted octanol–water partition coefficient (Wildman–Crippen LogP) is 6.19. The molecular weight excluding hydrogens is 378 g/mol. The van der Waals surface area contributed by atoms with Gasteiger partial charge in [0.05, 0.1) is 19.3 Å². The van der Waals surface area contributed by atoms with Gasteiger partial charge in [0.15, 0.2) is 8.32 Å². The summed E-state index contributed by atoms with van der Waals surface area (Å²) in [6.45, 7) is 11.1. The van der Waals surface area contributed by atoms with Gasteiger partial charge in [-0.25, -0.2) is 4.79 Å². The number of alkyl carbamates (subject to hydrolysis) is 1. The predicted molar refractivity (Wildman–Crippen MR) is 122 cm³/mol. The van der Waals surface area contributed by atoms with Gasteiger partial charge < -0.3 is 14.5 Å². The third kappa shape index (κ3) is 6.58. The Morgan fingerprint density at radius 1 is 1.00 bits per heavy atom. The van der Waals surface area contributed by atoms with Gasteiger partial charge in [0.1, 0.15) is 0 Å². The molecule has 2 aromatic carbocycles. The molecule has 4 nitrogen and oxygen atoms in total. The van der Waals surface area contributed by atoms with E-state index in [2.05, 4.69) is 39.2 Å². The molecule has 2 rings (SSSR count). The van der Waals surface area contributed by atoms with Crippen LogP contribution in [0, 0.1) is 0 Å². The molecule has 5 heteroatoms. The number of amides is 1. The molecule has 0 bridgehead atoms. The van der Waals surface area contributed by atoms with Crippen molar-refractivity contribution in [3.05, 3.63) is 77.9 Å². The third-order valence-electron chi connectivity index (χ3n) is 5.45. The molecule has 0 radical (unpaired) electrons. The topological polar surface area (TPSA) is 47.6 Å². The molecule has 0 saturated carbocycles. The first kappa shape index (κ1) is 22.9. The highest BCUT2D eigenvalue weighted by Gasteiger charge is 2.41. The van der Waals surface area contributed by atoms with E-state index in [4.69, 9.17) is 9.16 Å². The van der Waals surface area contributed by atoms with Gasteiger partial charge in [-0.3, -0.25) is 0 Å². The van der Waals surface area contributed by atoms with Crippen LogP contribution in [0.25, 0.3) is 6.08 Å². The van der Waals surface area contributed by atoms with Crippen LogP contribution in [0.5, 0.6) is 0 Å². The summed E-state index contributed by atoms with van der Waals surface area (Å²) in [5.41, 5.74) is 2.08. The van der Waals surface area contributed by atoms with Crippen LogP contribution in [-0.4, -0.2) is 27.6 Å². The van der Waals surface area contributed by atoms with Gasteiger partial charge in [0, 0.05) is 0 Å². The molecule has 1 amide bonds. The van der Waals surface area contributed by atoms with E-state index in [1.807, 2.05) is 72.8 Å². The SMILES string of the molecule is COC(=O)N[C@H](/C=C/c1ccccc1)[C@@H](O[Si](C)(C)C(C)(C)C)c1ccccc1. The third-order valence-corrected chi connectivity index (χ3v) is 9.90. The number of hydrogen-bond donors (Lipinski definition) is 1. The van der Waals surface area contributed by atoms with Crippen molar-refractivity contribution in [3.63, 3.8) is 0 Å². The average molecular weight is 412 g/mol. The first-order valence-corrected chi connectivity index (χ1v) is 12.9. The quantitative estimate of drug-likeness (QED) is 0.553. The van der Waals surface area contributed by atoms with E-state index in [0.717, 1.165) is 11.1 Å². The van der Waals surface area contributed by atoms with Gasteiger partial charge in [-0.15, -0.1) is 0 Å². The van der Waals surface area contributed by atoms with E-state index in [1.165, 1.54) is 7.11 Å². The minimum atomic E-state index is -2.11. The Kier molecular flexibility index (Phi) is 7.82. The maximum atomic E-state index is 12.1. The molecule has 0 saturated heterocycles. The number of rotatable bonds is 7. The Labute approximate surface area is 176 Å². The Morgan fingerprint density at radius 2 is 1.55 bits per heavy atom. The van der Waals surface area contributed by atoms with Crippen molar-refractivity contribution in [2.45, 2.75) is 51.0 Å². The zero-order chi connectivity index (χ0) is 21.5. The molecule has 1 N–H and O–H groups in total. The van der Waals surface area contributed by atoms with Crippen molar-refractivity contribution in [2.24, 2.45) is 0 Å². The van der Waals surface area contributed by atoms with Crippen molar-refractivity contribution < 1.29 is 14.0 Å². The summed E-state index contributed by atoms with van der Waals surface area (Å²) < 4.78 is 11.7. The average Bonchev–Trinajstić information content (AvgIpc) is 2.70. The second-order valence-corrected chi connectivity index (χ2v) is 13.4. The molecule has 0 spiro atoms. The molecule has 0 aliphatic rings. The lowest BCUT2D eigenvalue weighted by Crippen LogP contribution is -2.47. The van der Waals surface area contributed by atoms with Crippen LogP contribution in [0.3, 0.4) is 0 Å². The van der Waals surface area contributed by atoms with Gasteiger partial charge in [-0.05, 0) is 29.3 Å². The van der Waals surface area contributed by atoms with E-state index in [9.17, 15) is 4.79 Å². The summed E-state index contributed by atoms with van der Waals surface area (Å²) in [6, 6.07) is 19.7. The summed E-state index contributed by atoms with van der Waals surface area (Å²) in [6.07, 6.45) is 3.19. The summed E-state index contributed by atoms with van der Waals surface area (Å²) in [5.74, 6) is 0. The van der Waals surface area contributed by atoms with Crippen LogP contribution in [0.15, 0.2) is 66.7 Å². The standard InChI is InChI=1S/C24H33NO3Si/c1-24(2,3)29(5,6)28-22(20-15-11-8-12-16-20)21(25-23(26)27-4)18-17-19-13-9-7-10-14-19/h7-18,21-22H,1-6H3,(H,25,26)/b18-17+/t21-,22+/m1/s1. The van der Waals surface area contributed by atoms with Gasteiger partial charge in [0.2, 0.25) is 0 Å². The highest BCUT2D eigenvalue weighted by atomic mass is 28.4. The number of hydrogen-bond acceptors (Lipinski definition) is 3. The Hall–Kier alpha value is -2.37. The van der Waals surface area contributed by atoms with Gasteiger partial charge in [-0.1, -0.05) is 93.6 Å². The molecule has 2 aromatic rings. The van der Waals surface area contributed by atoms with Crippen molar-refractivity contribution in [1.29, 1.82) is 0 Å². The second-order valence-electron chi connectivity index (χ2n) is 8.64. The van der Waals surface area contributed by atoms with E-state index >= 15 is 0 Å². The molecule has 0 aromatic heterocycles. The molecular formula is C24H33NO3Si.